The molecule has 72 valence electrons. The lowest BCUT2D eigenvalue weighted by Gasteiger charge is -2.22. The van der Waals surface area contributed by atoms with Crippen LogP contribution in [0.25, 0.3) is 0 Å². The number of rotatable bonds is 3. The average molecular weight is 211 g/mol. The predicted molar refractivity (Wildman–Crippen MR) is 48.5 cm³/mol. The third-order valence-corrected chi connectivity index (χ3v) is 4.41. The molecule has 0 aromatic heterocycles. The van der Waals surface area contributed by atoms with E-state index in [9.17, 15) is 13.0 Å². The summed E-state index contributed by atoms with van der Waals surface area (Å²) < 4.78 is 33.6. The Balaban J connectivity index is 2.34. The van der Waals surface area contributed by atoms with E-state index in [0.717, 1.165) is 25.7 Å². The first-order chi connectivity index (χ1) is 5.70. The minimum atomic E-state index is -2.71. The van der Waals surface area contributed by atoms with E-state index in [1.165, 1.54) is 6.42 Å². The van der Waals surface area contributed by atoms with Crippen LogP contribution >= 0.6 is 0 Å². The highest BCUT2D eigenvalue weighted by atomic mass is 32.3. The van der Waals surface area contributed by atoms with Gasteiger partial charge in [-0.1, -0.05) is 6.42 Å². The van der Waals surface area contributed by atoms with Crippen molar-refractivity contribution in [2.24, 2.45) is 0 Å². The second-order valence-electron chi connectivity index (χ2n) is 2.91. The van der Waals surface area contributed by atoms with E-state index in [-0.39, 0.29) is 5.25 Å². The Morgan fingerprint density at radius 2 is 1.83 bits per heavy atom. The molecule has 0 heterocycles. The molecule has 6 heteroatoms. The largest absolute Gasteiger partial charge is 0.597 e. The highest BCUT2D eigenvalue weighted by Gasteiger charge is 2.25. The van der Waals surface area contributed by atoms with Crippen LogP contribution in [0, 0.1) is 0 Å². The Bertz CT molecular complexity index is 193. The fourth-order valence-corrected chi connectivity index (χ4v) is 3.37. The third kappa shape index (κ3) is 3.30. The lowest BCUT2D eigenvalue weighted by Crippen LogP contribution is -2.34. The average Bonchev–Trinajstić information content (AvgIpc) is 2.05. The zero-order chi connectivity index (χ0) is 8.97. The Morgan fingerprint density at radius 3 is 2.33 bits per heavy atom. The first kappa shape index (κ1) is 10.3. The molecule has 0 radical (unpaired) electrons. The quantitative estimate of drug-likeness (QED) is 0.514. The van der Waals surface area contributed by atoms with Gasteiger partial charge in [0.2, 0.25) is 10.9 Å². The van der Waals surface area contributed by atoms with Gasteiger partial charge in [0.15, 0.2) is 0 Å². The van der Waals surface area contributed by atoms with Crippen LogP contribution in [-0.2, 0) is 22.3 Å². The molecule has 0 spiro atoms. The summed E-state index contributed by atoms with van der Waals surface area (Å²) >= 11 is -1.38. The summed E-state index contributed by atoms with van der Waals surface area (Å²) in [5.41, 5.74) is 0. The minimum Gasteiger partial charge on any atom is -0.597 e. The predicted octanol–water partition coefficient (Wildman–Crippen LogP) is 0.0988. The Labute approximate surface area is 77.1 Å². The third-order valence-electron chi connectivity index (χ3n) is 2.02. The van der Waals surface area contributed by atoms with Crippen molar-refractivity contribution in [2.45, 2.75) is 37.4 Å². The molecule has 0 saturated heterocycles. The summed E-state index contributed by atoms with van der Waals surface area (Å²) in [4.78, 5) is 0. The van der Waals surface area contributed by atoms with Gasteiger partial charge >= 0.3 is 0 Å². The molecule has 1 fully saturated rings. The molecule has 0 aromatic carbocycles. The van der Waals surface area contributed by atoms with Crippen LogP contribution in [-0.4, -0.2) is 18.2 Å². The van der Waals surface area contributed by atoms with E-state index in [0.29, 0.717) is 0 Å². The summed E-state index contributed by atoms with van der Waals surface area (Å²) in [6.07, 6.45) is 5.06. The maximum atomic E-state index is 11.2. The number of thiol groups is 1. The number of hydrogen-bond donors (Lipinski definition) is 2. The van der Waals surface area contributed by atoms with Crippen molar-refractivity contribution in [3.05, 3.63) is 0 Å². The molecule has 1 saturated carbocycles. The van der Waals surface area contributed by atoms with Crippen molar-refractivity contribution < 1.29 is 13.0 Å². The normalized spacial score (nSPS) is 22.8. The summed E-state index contributed by atoms with van der Waals surface area (Å²) in [5, 5.41) is 0.0339. The number of nitrogens with one attached hydrogen (secondary N) is 1. The van der Waals surface area contributed by atoms with Crippen molar-refractivity contribution in [2.75, 3.05) is 0 Å². The summed E-state index contributed by atoms with van der Waals surface area (Å²) in [5.74, 6) is 0. The van der Waals surface area contributed by atoms with Gasteiger partial charge in [-0.25, -0.2) is 8.42 Å². The Hall–Kier alpha value is 0.220. The molecule has 1 unspecified atom stereocenters. The Morgan fingerprint density at radius 1 is 1.25 bits per heavy atom. The molecular weight excluding hydrogens is 198 g/mol. The molecular formula is C6H13NO3S2. The van der Waals surface area contributed by atoms with E-state index in [1.807, 2.05) is 4.13 Å². The van der Waals surface area contributed by atoms with Crippen LogP contribution in [0.5, 0.6) is 0 Å². The molecule has 0 amide bonds. The molecule has 1 aliphatic rings. The monoisotopic (exact) mass is 211 g/mol. The summed E-state index contributed by atoms with van der Waals surface area (Å²) in [7, 11) is -2.71. The maximum Gasteiger partial charge on any atom is 0.240 e. The fraction of sp³-hybridized carbons (Fsp3) is 1.00. The van der Waals surface area contributed by atoms with Crippen LogP contribution in [0.15, 0.2) is 0 Å². The van der Waals surface area contributed by atoms with Crippen molar-refractivity contribution in [1.82, 2.24) is 4.13 Å². The lowest BCUT2D eigenvalue weighted by molar-refractivity contribution is 0.481. The van der Waals surface area contributed by atoms with Crippen LogP contribution in [0.2, 0.25) is 0 Å². The first-order valence-electron chi connectivity index (χ1n) is 4.01. The molecule has 12 heavy (non-hydrogen) atoms. The van der Waals surface area contributed by atoms with Gasteiger partial charge in [0.1, 0.15) is 5.25 Å². The van der Waals surface area contributed by atoms with E-state index < -0.39 is 22.3 Å². The van der Waals surface area contributed by atoms with Gasteiger partial charge in [0.05, 0.1) is 11.4 Å². The minimum absolute atomic E-state index is 0.0339. The first-order valence-corrected chi connectivity index (χ1v) is 6.40. The zero-order valence-corrected chi connectivity index (χ0v) is 8.40. The van der Waals surface area contributed by atoms with Gasteiger partial charge in [-0.15, -0.1) is 0 Å². The highest BCUT2D eigenvalue weighted by molar-refractivity contribution is 7.98. The zero-order valence-electron chi connectivity index (χ0n) is 6.69. The lowest BCUT2D eigenvalue weighted by atomic mass is 10.0. The topological polar surface area (TPSA) is 69.2 Å². The SMILES string of the molecule is O=[SH](=O)N[S+]([O-])C1CCCCC1. The van der Waals surface area contributed by atoms with Gasteiger partial charge in [0.25, 0.3) is 0 Å². The van der Waals surface area contributed by atoms with Gasteiger partial charge in [-0.3, -0.25) is 0 Å². The van der Waals surface area contributed by atoms with Crippen LogP contribution in [0.4, 0.5) is 0 Å². The van der Waals surface area contributed by atoms with Gasteiger partial charge in [-0.2, -0.15) is 0 Å². The van der Waals surface area contributed by atoms with Crippen molar-refractivity contribution in [3.8, 4) is 0 Å². The second-order valence-corrected chi connectivity index (χ2v) is 5.41. The van der Waals surface area contributed by atoms with Crippen molar-refractivity contribution in [3.63, 3.8) is 0 Å². The molecule has 1 atom stereocenters. The van der Waals surface area contributed by atoms with Gasteiger partial charge in [0, 0.05) is 0 Å². The molecule has 4 nitrogen and oxygen atoms in total. The second kappa shape index (κ2) is 5.06. The van der Waals surface area contributed by atoms with E-state index in [1.54, 1.807) is 0 Å². The Kier molecular flexibility index (Phi) is 4.34. The van der Waals surface area contributed by atoms with Crippen LogP contribution < -0.4 is 4.13 Å². The van der Waals surface area contributed by atoms with Crippen molar-refractivity contribution >= 4 is 22.3 Å². The molecule has 0 bridgehead atoms. The van der Waals surface area contributed by atoms with Crippen LogP contribution in [0.1, 0.15) is 32.1 Å². The smallest absolute Gasteiger partial charge is 0.240 e. The van der Waals surface area contributed by atoms with E-state index in [2.05, 4.69) is 0 Å². The maximum absolute atomic E-state index is 11.2. The summed E-state index contributed by atoms with van der Waals surface area (Å²) in [6.45, 7) is 0. The van der Waals surface area contributed by atoms with Crippen molar-refractivity contribution in [1.29, 1.82) is 0 Å². The van der Waals surface area contributed by atoms with E-state index in [4.69, 9.17) is 0 Å². The van der Waals surface area contributed by atoms with E-state index >= 15 is 0 Å². The molecule has 1 aliphatic carbocycles. The highest BCUT2D eigenvalue weighted by Crippen LogP contribution is 2.22. The summed E-state index contributed by atoms with van der Waals surface area (Å²) in [6, 6.07) is 0. The fourth-order valence-electron chi connectivity index (χ4n) is 1.43. The molecule has 1 N–H and O–H groups in total. The standard InChI is InChI=1S/C6H13NO3S2/c8-11(7-12(9)10)6-4-2-1-3-5-6/h6,12H,1-5H2,(H,7,9,10). The molecule has 0 aromatic rings. The molecule has 0 aliphatic heterocycles. The van der Waals surface area contributed by atoms with Gasteiger partial charge in [-0.05, 0) is 29.8 Å². The van der Waals surface area contributed by atoms with Crippen LogP contribution in [0.3, 0.4) is 0 Å². The molecule has 1 rings (SSSR count). The number of hydrogen-bond acceptors (Lipinski definition) is 3. The van der Waals surface area contributed by atoms with Gasteiger partial charge < -0.3 is 4.55 Å².